The van der Waals surface area contributed by atoms with Crippen LogP contribution < -0.4 is 9.47 Å². The van der Waals surface area contributed by atoms with Crippen molar-refractivity contribution < 1.29 is 33.4 Å². The van der Waals surface area contributed by atoms with Gasteiger partial charge in [-0.25, -0.2) is 9.59 Å². The highest BCUT2D eigenvalue weighted by atomic mass is 35.5. The van der Waals surface area contributed by atoms with Crippen LogP contribution in [0.25, 0.3) is 11.1 Å². The number of carbonyl (C=O) groups is 4. The highest BCUT2D eigenvalue weighted by molar-refractivity contribution is 6.45. The minimum absolute atomic E-state index is 0.0605. The largest absolute Gasteiger partial charge is 0.480 e. The van der Waals surface area contributed by atoms with Gasteiger partial charge in [-0.05, 0) is 85.1 Å². The van der Waals surface area contributed by atoms with Gasteiger partial charge in [-0.1, -0.05) is 60.3 Å². The van der Waals surface area contributed by atoms with Gasteiger partial charge in [0.2, 0.25) is 0 Å². The highest BCUT2D eigenvalue weighted by Crippen LogP contribution is 2.59. The van der Waals surface area contributed by atoms with E-state index in [2.05, 4.69) is 13.8 Å². The third-order valence-electron chi connectivity index (χ3n) is 9.83. The predicted molar refractivity (Wildman–Crippen MR) is 172 cm³/mol. The van der Waals surface area contributed by atoms with Crippen LogP contribution in [0, 0.1) is 10.8 Å². The van der Waals surface area contributed by atoms with Crippen molar-refractivity contribution in [2.45, 2.75) is 65.2 Å². The van der Waals surface area contributed by atoms with Crippen molar-refractivity contribution in [3.05, 3.63) is 66.6 Å². The number of allylic oxidation sites excluding steroid dienone is 4. The van der Waals surface area contributed by atoms with E-state index in [1.807, 2.05) is 0 Å². The van der Waals surface area contributed by atoms with Gasteiger partial charge in [-0.15, -0.1) is 0 Å². The van der Waals surface area contributed by atoms with Crippen LogP contribution in [0.4, 0.5) is 0 Å². The van der Waals surface area contributed by atoms with Crippen LogP contribution in [0.1, 0.15) is 74.6 Å². The van der Waals surface area contributed by atoms with E-state index in [1.165, 1.54) is 0 Å². The maximum Gasteiger partial charge on any atom is 0.351 e. The van der Waals surface area contributed by atoms with Crippen molar-refractivity contribution in [3.63, 3.8) is 0 Å². The molecule has 0 saturated heterocycles. The summed E-state index contributed by atoms with van der Waals surface area (Å²) in [5.74, 6) is -1.42. The van der Waals surface area contributed by atoms with E-state index in [-0.39, 0.29) is 54.0 Å². The van der Waals surface area contributed by atoms with Crippen molar-refractivity contribution >= 4 is 81.1 Å². The van der Waals surface area contributed by atoms with Gasteiger partial charge in [0.1, 0.15) is 21.5 Å². The zero-order chi connectivity index (χ0) is 32.3. The minimum Gasteiger partial charge on any atom is -0.480 e. The summed E-state index contributed by atoms with van der Waals surface area (Å²) in [6.45, 7) is 2.97. The fourth-order valence-corrected chi connectivity index (χ4v) is 8.40. The predicted octanol–water partition coefficient (Wildman–Crippen LogP) is 8.23. The van der Waals surface area contributed by atoms with E-state index in [9.17, 15) is 19.2 Å². The number of rotatable bonds is 8. The summed E-state index contributed by atoms with van der Waals surface area (Å²) in [5.41, 5.74) is 4.69. The Balaban J connectivity index is 1.10. The van der Waals surface area contributed by atoms with Crippen LogP contribution in [-0.4, -0.2) is 36.7 Å². The normalized spacial score (nSPS) is 23.0. The van der Waals surface area contributed by atoms with Gasteiger partial charge in [0.15, 0.2) is 24.8 Å². The molecule has 0 aromatic heterocycles. The molecule has 2 atom stereocenters. The molecule has 0 radical (unpaired) electrons. The third kappa shape index (κ3) is 5.50. The van der Waals surface area contributed by atoms with Crippen molar-refractivity contribution in [2.75, 3.05) is 13.2 Å². The van der Waals surface area contributed by atoms with Gasteiger partial charge < -0.3 is 14.2 Å². The summed E-state index contributed by atoms with van der Waals surface area (Å²) in [6, 6.07) is 3.46. The third-order valence-corrected chi connectivity index (χ3v) is 11.5. The molecule has 0 heterocycles. The Kier molecular flexibility index (Phi) is 8.61. The van der Waals surface area contributed by atoms with E-state index in [0.29, 0.717) is 25.7 Å². The standard InChI is InChI=1S/C34H30Cl4O7/c1-3-33-7-5-19(39)11-21(33)27-17(13-33)9-23(29(35)31(27)37)43-15-25(41)45-26(42)16-44-24-10-18-14-34(4-2)8-6-20(40)12-22(34)28(18)32(38)30(24)36/h9-12H,3-8,13-16H2,1-2H3. The number of benzene rings is 2. The molecule has 0 fully saturated rings. The number of hydrogen-bond donors (Lipinski definition) is 0. The molecule has 2 aromatic rings. The minimum atomic E-state index is -0.952. The fourth-order valence-electron chi connectivity index (χ4n) is 7.36. The Morgan fingerprint density at radius 2 is 1.09 bits per heavy atom. The molecule has 11 heteroatoms. The Morgan fingerprint density at radius 3 is 1.47 bits per heavy atom. The van der Waals surface area contributed by atoms with Crippen molar-refractivity contribution in [3.8, 4) is 11.5 Å². The molecule has 6 rings (SSSR count). The first-order valence-electron chi connectivity index (χ1n) is 14.9. The molecule has 4 aliphatic rings. The monoisotopic (exact) mass is 690 g/mol. The van der Waals surface area contributed by atoms with Gasteiger partial charge in [0.25, 0.3) is 0 Å². The molecule has 236 valence electrons. The second-order valence-electron chi connectivity index (χ2n) is 12.2. The fraction of sp³-hybridized carbons (Fsp3) is 0.412. The number of ketones is 2. The number of carbonyl (C=O) groups excluding carboxylic acids is 4. The van der Waals surface area contributed by atoms with Crippen LogP contribution in [0.15, 0.2) is 24.3 Å². The average molecular weight is 692 g/mol. The Hall–Kier alpha value is -2.84. The second kappa shape index (κ2) is 12.1. The maximum absolute atomic E-state index is 12.5. The molecule has 0 N–H and O–H groups in total. The van der Waals surface area contributed by atoms with Crippen molar-refractivity contribution in [1.29, 1.82) is 0 Å². The first kappa shape index (κ1) is 32.1. The lowest BCUT2D eigenvalue weighted by Gasteiger charge is -2.32. The smallest absolute Gasteiger partial charge is 0.351 e. The molecule has 0 aliphatic heterocycles. The van der Waals surface area contributed by atoms with E-state index in [1.54, 1.807) is 24.3 Å². The van der Waals surface area contributed by atoms with Gasteiger partial charge in [-0.2, -0.15) is 0 Å². The van der Waals surface area contributed by atoms with Crippen LogP contribution in [0.5, 0.6) is 11.5 Å². The molecular weight excluding hydrogens is 662 g/mol. The van der Waals surface area contributed by atoms with Crippen LogP contribution in [0.3, 0.4) is 0 Å². The van der Waals surface area contributed by atoms with Crippen molar-refractivity contribution in [2.24, 2.45) is 10.8 Å². The van der Waals surface area contributed by atoms with E-state index >= 15 is 0 Å². The molecule has 0 saturated carbocycles. The zero-order valence-electron chi connectivity index (χ0n) is 24.8. The SMILES string of the molecule is CCC12CCC(=O)C=C1c1c(cc(OCC(=O)OC(=O)COc3cc4c(c(Cl)c3Cl)C3=CC(=O)CCC3(CC)C4)c(Cl)c1Cl)C2. The summed E-state index contributed by atoms with van der Waals surface area (Å²) < 4.78 is 16.2. The quantitative estimate of drug-likeness (QED) is 0.203. The molecular formula is C34H30Cl4O7. The summed E-state index contributed by atoms with van der Waals surface area (Å²) >= 11 is 26.4. The molecule has 7 nitrogen and oxygen atoms in total. The summed E-state index contributed by atoms with van der Waals surface area (Å²) in [4.78, 5) is 49.4. The number of ether oxygens (including phenoxy) is 3. The summed E-state index contributed by atoms with van der Waals surface area (Å²) in [7, 11) is 0. The Morgan fingerprint density at radius 1 is 0.689 bits per heavy atom. The number of halogens is 4. The lowest BCUT2D eigenvalue weighted by Crippen LogP contribution is -2.24. The topological polar surface area (TPSA) is 96.0 Å². The van der Waals surface area contributed by atoms with Crippen molar-refractivity contribution in [1.82, 2.24) is 0 Å². The van der Waals surface area contributed by atoms with Gasteiger partial charge in [0, 0.05) is 34.8 Å². The lowest BCUT2D eigenvalue weighted by molar-refractivity contribution is -0.162. The second-order valence-corrected chi connectivity index (χ2v) is 13.7. The van der Waals surface area contributed by atoms with Crippen LogP contribution in [0.2, 0.25) is 20.1 Å². The first-order valence-corrected chi connectivity index (χ1v) is 16.4. The van der Waals surface area contributed by atoms with Crippen LogP contribution >= 0.6 is 46.4 Å². The zero-order valence-corrected chi connectivity index (χ0v) is 27.8. The summed E-state index contributed by atoms with van der Waals surface area (Å²) in [5, 5.41) is 0.735. The van der Waals surface area contributed by atoms with Gasteiger partial charge >= 0.3 is 11.9 Å². The van der Waals surface area contributed by atoms with E-state index in [4.69, 9.17) is 60.6 Å². The molecule has 2 unspecified atom stereocenters. The first-order chi connectivity index (χ1) is 21.4. The Labute approximate surface area is 280 Å². The summed E-state index contributed by atoms with van der Waals surface area (Å²) in [6.07, 6.45) is 8.78. The molecule has 0 amide bonds. The van der Waals surface area contributed by atoms with Gasteiger partial charge in [-0.3, -0.25) is 9.59 Å². The van der Waals surface area contributed by atoms with E-state index in [0.717, 1.165) is 59.1 Å². The molecule has 0 bridgehead atoms. The van der Waals surface area contributed by atoms with E-state index < -0.39 is 25.2 Å². The number of fused-ring (bicyclic) bond motifs is 6. The molecule has 0 spiro atoms. The average Bonchev–Trinajstić information content (AvgIpc) is 3.52. The Bertz CT molecular complexity index is 1620. The molecule has 45 heavy (non-hydrogen) atoms. The van der Waals surface area contributed by atoms with Gasteiger partial charge in [0.05, 0.1) is 10.0 Å². The number of esters is 2. The molecule has 2 aromatic carbocycles. The molecule has 4 aliphatic carbocycles. The maximum atomic E-state index is 12.5. The highest BCUT2D eigenvalue weighted by Gasteiger charge is 2.46. The number of hydrogen-bond acceptors (Lipinski definition) is 7. The van der Waals surface area contributed by atoms with Crippen LogP contribution in [-0.2, 0) is 36.8 Å². The lowest BCUT2D eigenvalue weighted by atomic mass is 9.71.